The first-order valence-electron chi connectivity index (χ1n) is 6.92. The van der Waals surface area contributed by atoms with Crippen molar-refractivity contribution in [1.29, 1.82) is 0 Å². The van der Waals surface area contributed by atoms with E-state index in [1.54, 1.807) is 0 Å². The molecule has 0 heterocycles. The SMILES string of the molecule is CO[SiH2]C(C)(C)N(CCNC(C)(C)C)C(C)(C)C. The molecule has 110 valence electrons. The van der Waals surface area contributed by atoms with Gasteiger partial charge in [0.05, 0.1) is 0 Å². The Morgan fingerprint density at radius 3 is 1.83 bits per heavy atom. The molecule has 0 aromatic heterocycles. The van der Waals surface area contributed by atoms with Crippen molar-refractivity contribution in [3.8, 4) is 0 Å². The summed E-state index contributed by atoms with van der Waals surface area (Å²) in [5.74, 6) is 0. The largest absolute Gasteiger partial charge is 0.425 e. The van der Waals surface area contributed by atoms with Gasteiger partial charge in [0.2, 0.25) is 0 Å². The minimum absolute atomic E-state index is 0.175. The van der Waals surface area contributed by atoms with E-state index in [9.17, 15) is 0 Å². The minimum Gasteiger partial charge on any atom is -0.425 e. The topological polar surface area (TPSA) is 24.5 Å². The summed E-state index contributed by atoms with van der Waals surface area (Å²) in [6.45, 7) is 20.2. The van der Waals surface area contributed by atoms with Gasteiger partial charge in [0.15, 0.2) is 9.76 Å². The normalized spacial score (nSPS) is 15.0. The van der Waals surface area contributed by atoms with E-state index in [4.69, 9.17) is 4.43 Å². The zero-order chi connectivity index (χ0) is 14.6. The van der Waals surface area contributed by atoms with Crippen LogP contribution in [0.2, 0.25) is 0 Å². The van der Waals surface area contributed by atoms with E-state index >= 15 is 0 Å². The molecular formula is C14H34N2OSi. The molecule has 0 amide bonds. The summed E-state index contributed by atoms with van der Waals surface area (Å²) < 4.78 is 5.51. The number of nitrogens with zero attached hydrogens (tertiary/aromatic N) is 1. The van der Waals surface area contributed by atoms with Crippen molar-refractivity contribution in [2.24, 2.45) is 0 Å². The molecule has 0 aromatic carbocycles. The molecule has 0 bridgehead atoms. The molecule has 0 spiro atoms. The average molecular weight is 275 g/mol. The van der Waals surface area contributed by atoms with Crippen molar-refractivity contribution in [1.82, 2.24) is 10.2 Å². The molecule has 0 aliphatic rings. The van der Waals surface area contributed by atoms with Gasteiger partial charge < -0.3 is 9.74 Å². The number of rotatable bonds is 6. The van der Waals surface area contributed by atoms with Crippen molar-refractivity contribution >= 4 is 9.76 Å². The fourth-order valence-corrected chi connectivity index (χ4v) is 4.01. The van der Waals surface area contributed by atoms with E-state index in [0.717, 1.165) is 13.1 Å². The second-order valence-electron chi connectivity index (χ2n) is 7.74. The van der Waals surface area contributed by atoms with Gasteiger partial charge in [0.25, 0.3) is 0 Å². The van der Waals surface area contributed by atoms with Crippen LogP contribution in [0.4, 0.5) is 0 Å². The van der Waals surface area contributed by atoms with Gasteiger partial charge in [-0.1, -0.05) is 0 Å². The standard InChI is InChI=1S/C14H34N2OSi/c1-12(2,3)15-10-11-16(13(4,5)6)14(7,8)18-17-9/h15H,10-11,18H2,1-9H3. The zero-order valence-corrected chi connectivity index (χ0v) is 15.4. The minimum atomic E-state index is -0.542. The van der Waals surface area contributed by atoms with Crippen molar-refractivity contribution in [3.63, 3.8) is 0 Å². The van der Waals surface area contributed by atoms with Crippen molar-refractivity contribution < 1.29 is 4.43 Å². The summed E-state index contributed by atoms with van der Waals surface area (Å²) in [5, 5.41) is 3.76. The highest BCUT2D eigenvalue weighted by Gasteiger charge is 2.35. The average Bonchev–Trinajstić information content (AvgIpc) is 2.08. The lowest BCUT2D eigenvalue weighted by Gasteiger charge is -2.47. The van der Waals surface area contributed by atoms with Crippen LogP contribution in [-0.2, 0) is 4.43 Å². The van der Waals surface area contributed by atoms with E-state index in [0.29, 0.717) is 0 Å². The van der Waals surface area contributed by atoms with Gasteiger partial charge in [-0.2, -0.15) is 0 Å². The highest BCUT2D eigenvalue weighted by molar-refractivity contribution is 6.32. The van der Waals surface area contributed by atoms with Crippen LogP contribution in [0.3, 0.4) is 0 Å². The summed E-state index contributed by atoms with van der Waals surface area (Å²) in [6, 6.07) is 0. The molecule has 0 radical (unpaired) electrons. The maximum atomic E-state index is 5.51. The molecule has 0 unspecified atom stereocenters. The Bertz CT molecular complexity index is 241. The first-order valence-corrected chi connectivity index (χ1v) is 8.20. The van der Waals surface area contributed by atoms with Crippen LogP contribution in [0.25, 0.3) is 0 Å². The summed E-state index contributed by atoms with van der Waals surface area (Å²) in [4.78, 5) is 2.58. The Balaban J connectivity index is 4.62. The van der Waals surface area contributed by atoms with E-state index in [1.807, 2.05) is 7.11 Å². The van der Waals surface area contributed by atoms with Crippen LogP contribution in [-0.4, -0.2) is 51.1 Å². The Labute approximate surface area is 117 Å². The second-order valence-corrected chi connectivity index (χ2v) is 10.3. The quantitative estimate of drug-likeness (QED) is 0.749. The predicted molar refractivity (Wildman–Crippen MR) is 83.8 cm³/mol. The predicted octanol–water partition coefficient (Wildman–Crippen LogP) is 1.94. The molecule has 0 saturated heterocycles. The summed E-state index contributed by atoms with van der Waals surface area (Å²) >= 11 is 0. The van der Waals surface area contributed by atoms with E-state index in [2.05, 4.69) is 65.6 Å². The summed E-state index contributed by atoms with van der Waals surface area (Å²) in [5.41, 5.74) is 0.362. The molecule has 18 heavy (non-hydrogen) atoms. The van der Waals surface area contributed by atoms with Crippen LogP contribution in [0, 0.1) is 0 Å². The van der Waals surface area contributed by atoms with Crippen molar-refractivity contribution in [2.45, 2.75) is 71.6 Å². The van der Waals surface area contributed by atoms with Gasteiger partial charge in [-0.05, 0) is 55.4 Å². The molecule has 0 rings (SSSR count). The molecule has 0 aromatic rings. The molecule has 0 aliphatic heterocycles. The fraction of sp³-hybridized carbons (Fsp3) is 1.00. The highest BCUT2D eigenvalue weighted by atomic mass is 28.2. The maximum Gasteiger partial charge on any atom is 0.180 e. The third-order valence-corrected chi connectivity index (χ3v) is 4.41. The lowest BCUT2D eigenvalue weighted by molar-refractivity contribution is 0.0649. The second kappa shape index (κ2) is 6.50. The van der Waals surface area contributed by atoms with Gasteiger partial charge in [0.1, 0.15) is 0 Å². The van der Waals surface area contributed by atoms with Crippen molar-refractivity contribution in [3.05, 3.63) is 0 Å². The smallest absolute Gasteiger partial charge is 0.180 e. The van der Waals surface area contributed by atoms with Gasteiger partial charge in [-0.15, -0.1) is 0 Å². The monoisotopic (exact) mass is 274 g/mol. The molecule has 0 fully saturated rings. The fourth-order valence-electron chi connectivity index (χ4n) is 2.52. The zero-order valence-electron chi connectivity index (χ0n) is 14.0. The number of nitrogens with one attached hydrogen (secondary N) is 1. The Morgan fingerprint density at radius 2 is 1.50 bits per heavy atom. The van der Waals surface area contributed by atoms with Crippen LogP contribution in [0.15, 0.2) is 0 Å². The molecule has 4 heteroatoms. The Kier molecular flexibility index (Phi) is 6.54. The number of hydrogen-bond donors (Lipinski definition) is 1. The number of hydrogen-bond acceptors (Lipinski definition) is 3. The highest BCUT2D eigenvalue weighted by Crippen LogP contribution is 2.23. The molecule has 0 saturated carbocycles. The first kappa shape index (κ1) is 18.1. The van der Waals surface area contributed by atoms with Crippen molar-refractivity contribution in [2.75, 3.05) is 20.2 Å². The van der Waals surface area contributed by atoms with E-state index in [-0.39, 0.29) is 16.2 Å². The lowest BCUT2D eigenvalue weighted by atomic mass is 10.0. The molecule has 0 atom stereocenters. The van der Waals surface area contributed by atoms with E-state index < -0.39 is 9.76 Å². The molecule has 1 N–H and O–H groups in total. The van der Waals surface area contributed by atoms with Crippen LogP contribution < -0.4 is 5.32 Å². The first-order chi connectivity index (χ1) is 7.90. The summed E-state index contributed by atoms with van der Waals surface area (Å²) in [6.07, 6.45) is 0. The van der Waals surface area contributed by atoms with Gasteiger partial charge in [-0.3, -0.25) is 4.90 Å². The van der Waals surface area contributed by atoms with E-state index in [1.165, 1.54) is 0 Å². The molecule has 3 nitrogen and oxygen atoms in total. The molecule has 0 aliphatic carbocycles. The van der Waals surface area contributed by atoms with Gasteiger partial charge >= 0.3 is 0 Å². The third kappa shape index (κ3) is 6.88. The third-order valence-electron chi connectivity index (χ3n) is 3.03. The van der Waals surface area contributed by atoms with Crippen LogP contribution in [0.5, 0.6) is 0 Å². The Hall–Kier alpha value is 0.0969. The van der Waals surface area contributed by atoms with Crippen LogP contribution >= 0.6 is 0 Å². The van der Waals surface area contributed by atoms with Gasteiger partial charge in [-0.25, -0.2) is 0 Å². The maximum absolute atomic E-state index is 5.51. The summed E-state index contributed by atoms with van der Waals surface area (Å²) in [7, 11) is 1.29. The lowest BCUT2D eigenvalue weighted by Crippen LogP contribution is -2.59. The van der Waals surface area contributed by atoms with Crippen LogP contribution in [0.1, 0.15) is 55.4 Å². The molecular weight excluding hydrogens is 240 g/mol. The Morgan fingerprint density at radius 1 is 1.00 bits per heavy atom. The van der Waals surface area contributed by atoms with Gasteiger partial charge in [0, 0.05) is 36.4 Å².